The molecular weight excluding hydrogens is 691 g/mol. The third-order valence-corrected chi connectivity index (χ3v) is 11.4. The van der Waals surface area contributed by atoms with Crippen molar-refractivity contribution in [2.75, 3.05) is 30.7 Å². The summed E-state index contributed by atoms with van der Waals surface area (Å²) in [6.07, 6.45) is 6.43. The Morgan fingerprint density at radius 2 is 1.54 bits per heavy atom. The lowest BCUT2D eigenvalue weighted by Crippen LogP contribution is -2.54. The lowest BCUT2D eigenvalue weighted by Gasteiger charge is -2.37. The number of carbonyl (C=O) groups is 3. The summed E-state index contributed by atoms with van der Waals surface area (Å²) in [5.74, 6) is 0.169. The van der Waals surface area contributed by atoms with Gasteiger partial charge in [-0.25, -0.2) is 4.79 Å². The van der Waals surface area contributed by atoms with E-state index in [2.05, 4.69) is 4.90 Å². The Labute approximate surface area is 305 Å². The molecule has 10 heteroatoms. The highest BCUT2D eigenvalue weighted by molar-refractivity contribution is 7.99. The number of carbonyl (C=O) groups excluding carboxylic acids is 3. The van der Waals surface area contributed by atoms with Crippen LogP contribution >= 0.6 is 35.0 Å². The summed E-state index contributed by atoms with van der Waals surface area (Å²) in [5.41, 5.74) is 3.56. The predicted octanol–water partition coefficient (Wildman–Crippen LogP) is 8.00. The van der Waals surface area contributed by atoms with Gasteiger partial charge in [-0.15, -0.1) is 11.8 Å². The Hall–Kier alpha value is -4.34. The van der Waals surface area contributed by atoms with Gasteiger partial charge < -0.3 is 14.4 Å². The van der Waals surface area contributed by atoms with E-state index in [1.165, 1.54) is 13.2 Å². The second-order valence-corrected chi connectivity index (χ2v) is 14.4. The second-order valence-electron chi connectivity index (χ2n) is 12.5. The van der Waals surface area contributed by atoms with Crippen molar-refractivity contribution in [3.05, 3.63) is 141 Å². The van der Waals surface area contributed by atoms with E-state index in [0.717, 1.165) is 39.4 Å². The number of amides is 1. The van der Waals surface area contributed by atoms with Crippen molar-refractivity contribution >= 4 is 70.5 Å². The van der Waals surface area contributed by atoms with Gasteiger partial charge in [-0.3, -0.25) is 14.5 Å². The molecule has 4 aromatic rings. The van der Waals surface area contributed by atoms with Crippen LogP contribution in [0.1, 0.15) is 33.7 Å². The molecule has 0 saturated carbocycles. The number of nitrogens with zero attached hydrogens (tertiary/aromatic N) is 2. The van der Waals surface area contributed by atoms with Gasteiger partial charge in [0.2, 0.25) is 0 Å². The normalized spacial score (nSPS) is 22.8. The molecule has 50 heavy (non-hydrogen) atoms. The molecule has 0 aliphatic carbocycles. The largest absolute Gasteiger partial charge is 0.497 e. The highest BCUT2D eigenvalue weighted by Gasteiger charge is 2.70. The van der Waals surface area contributed by atoms with Crippen LogP contribution in [0.15, 0.2) is 103 Å². The van der Waals surface area contributed by atoms with Crippen molar-refractivity contribution in [3.63, 3.8) is 0 Å². The summed E-state index contributed by atoms with van der Waals surface area (Å²) in [5, 5.41) is 1.20. The lowest BCUT2D eigenvalue weighted by atomic mass is 9.70. The van der Waals surface area contributed by atoms with E-state index in [0.29, 0.717) is 28.0 Å². The summed E-state index contributed by atoms with van der Waals surface area (Å²) in [4.78, 5) is 46.5. The molecule has 0 bridgehead atoms. The molecule has 3 aliphatic rings. The molecule has 1 amide bonds. The third kappa shape index (κ3) is 6.04. The molecule has 7 rings (SSSR count). The Balaban J connectivity index is 1.42. The van der Waals surface area contributed by atoms with Gasteiger partial charge in [-0.05, 0) is 82.9 Å². The zero-order chi connectivity index (χ0) is 35.0. The maximum atomic E-state index is 15.5. The minimum Gasteiger partial charge on any atom is -0.497 e. The van der Waals surface area contributed by atoms with Crippen LogP contribution in [0.3, 0.4) is 0 Å². The number of fused-ring (bicyclic) bond motifs is 4. The molecule has 0 radical (unpaired) electrons. The smallest absolute Gasteiger partial charge is 0.330 e. The average molecular weight is 726 g/mol. The molecule has 2 fully saturated rings. The maximum absolute atomic E-state index is 15.5. The number of hydrogen-bond donors (Lipinski definition) is 0. The van der Waals surface area contributed by atoms with Gasteiger partial charge in [0.25, 0.3) is 5.91 Å². The molecule has 3 aliphatic heterocycles. The van der Waals surface area contributed by atoms with Crippen LogP contribution in [0.5, 0.6) is 5.75 Å². The Kier molecular flexibility index (Phi) is 9.63. The number of rotatable bonds is 9. The molecule has 2 saturated heterocycles. The number of hydrogen-bond acceptors (Lipinski definition) is 7. The van der Waals surface area contributed by atoms with E-state index < -0.39 is 17.4 Å². The van der Waals surface area contributed by atoms with Gasteiger partial charge in [0.05, 0.1) is 26.7 Å². The standard InChI is InChI=1S/C40H34Cl2N2O5S/c1-48-31-16-5-27(6-17-31)22-43-33-18-7-26(9-20-36(46)49-2)21-32(33)40(39(43)47)38(35(45)19-8-25-3-12-29(41)13-4-25)37(34-23-50-24-44(34)40)28-10-14-30(42)15-11-28/h3-21,34,37-38H,22-24H2,1-2H3/b19-8+,20-9+/t34-,37-,38+,40?/m0/s1. The van der Waals surface area contributed by atoms with Crippen LogP contribution in [-0.2, 0) is 31.2 Å². The Morgan fingerprint density at radius 1 is 0.880 bits per heavy atom. The third-order valence-electron chi connectivity index (χ3n) is 9.87. The SMILES string of the molecule is COC(=O)/C=C/c1ccc2c(c1)C1(C(=O)N2Cc2ccc(OC)cc2)[C@H](C(=O)/C=C/c2ccc(Cl)cc2)[C@@H](c2ccc(Cl)cc2)[C@@H]2CSCN21. The van der Waals surface area contributed by atoms with Crippen molar-refractivity contribution in [2.45, 2.75) is 24.0 Å². The second kappa shape index (κ2) is 14.1. The zero-order valence-corrected chi connectivity index (χ0v) is 29.8. The molecule has 7 nitrogen and oxygen atoms in total. The highest BCUT2D eigenvalue weighted by Crippen LogP contribution is 2.62. The fourth-order valence-electron chi connectivity index (χ4n) is 7.63. The van der Waals surface area contributed by atoms with Crippen molar-refractivity contribution in [1.82, 2.24) is 4.90 Å². The van der Waals surface area contributed by atoms with E-state index >= 15 is 4.79 Å². The summed E-state index contributed by atoms with van der Waals surface area (Å²) in [7, 11) is 2.94. The number of allylic oxidation sites excluding steroid dienone is 1. The average Bonchev–Trinajstić information content (AvgIpc) is 3.79. The van der Waals surface area contributed by atoms with Gasteiger partial charge >= 0.3 is 5.97 Å². The van der Waals surface area contributed by atoms with E-state index in [9.17, 15) is 9.59 Å². The first-order chi connectivity index (χ1) is 24.2. The summed E-state index contributed by atoms with van der Waals surface area (Å²) in [6, 6.07) is 28.2. The lowest BCUT2D eigenvalue weighted by molar-refractivity contribution is -0.136. The van der Waals surface area contributed by atoms with E-state index in [-0.39, 0.29) is 23.7 Å². The molecular formula is C40H34Cl2N2O5S. The first kappa shape index (κ1) is 34.1. The van der Waals surface area contributed by atoms with Crippen molar-refractivity contribution in [3.8, 4) is 5.75 Å². The van der Waals surface area contributed by atoms with Crippen LogP contribution in [0.25, 0.3) is 12.2 Å². The van der Waals surface area contributed by atoms with Crippen molar-refractivity contribution in [1.29, 1.82) is 0 Å². The quantitative estimate of drug-likeness (QED) is 0.128. The first-order valence-electron chi connectivity index (χ1n) is 16.2. The van der Waals surface area contributed by atoms with Crippen molar-refractivity contribution in [2.24, 2.45) is 5.92 Å². The highest BCUT2D eigenvalue weighted by atomic mass is 35.5. The summed E-state index contributed by atoms with van der Waals surface area (Å²) >= 11 is 14.2. The van der Waals surface area contributed by atoms with Crippen molar-refractivity contribution < 1.29 is 23.9 Å². The van der Waals surface area contributed by atoms with Gasteiger partial charge in [-0.1, -0.05) is 71.7 Å². The number of halogens is 2. The van der Waals surface area contributed by atoms with E-state index in [4.69, 9.17) is 32.7 Å². The number of thioether (sulfide) groups is 1. The van der Waals surface area contributed by atoms with E-state index in [1.807, 2.05) is 78.9 Å². The molecule has 4 atom stereocenters. The maximum Gasteiger partial charge on any atom is 0.330 e. The minimum absolute atomic E-state index is 0.105. The number of esters is 1. The zero-order valence-electron chi connectivity index (χ0n) is 27.4. The number of methoxy groups -OCH3 is 2. The summed E-state index contributed by atoms with van der Waals surface area (Å²) in [6.45, 7) is 0.299. The van der Waals surface area contributed by atoms with E-state index in [1.54, 1.807) is 54.1 Å². The molecule has 0 aromatic heterocycles. The van der Waals surface area contributed by atoms with Crippen LogP contribution in [-0.4, -0.2) is 54.5 Å². The fraction of sp³-hybridized carbons (Fsp3) is 0.225. The molecule has 1 spiro atoms. The van der Waals surface area contributed by atoms with Crippen LogP contribution in [0.4, 0.5) is 5.69 Å². The van der Waals surface area contributed by atoms with Gasteiger partial charge in [0.1, 0.15) is 11.3 Å². The topological polar surface area (TPSA) is 76.1 Å². The monoisotopic (exact) mass is 724 g/mol. The van der Waals surface area contributed by atoms with Crippen LogP contribution < -0.4 is 9.64 Å². The van der Waals surface area contributed by atoms with Gasteiger partial charge in [0, 0.05) is 51.0 Å². The van der Waals surface area contributed by atoms with Crippen LogP contribution in [0.2, 0.25) is 10.0 Å². The van der Waals surface area contributed by atoms with Crippen LogP contribution in [0, 0.1) is 5.92 Å². The fourth-order valence-corrected chi connectivity index (χ4v) is 9.20. The number of anilines is 1. The first-order valence-corrected chi connectivity index (χ1v) is 18.1. The summed E-state index contributed by atoms with van der Waals surface area (Å²) < 4.78 is 10.2. The minimum atomic E-state index is -1.32. The molecule has 1 unspecified atom stereocenters. The Bertz CT molecular complexity index is 2000. The molecule has 4 aromatic carbocycles. The molecule has 0 N–H and O–H groups in total. The number of benzene rings is 4. The molecule has 3 heterocycles. The van der Waals surface area contributed by atoms with Gasteiger partial charge in [-0.2, -0.15) is 0 Å². The predicted molar refractivity (Wildman–Crippen MR) is 199 cm³/mol. The van der Waals surface area contributed by atoms with Gasteiger partial charge in [0.15, 0.2) is 5.78 Å². The molecule has 254 valence electrons. The number of ether oxygens (including phenoxy) is 2. The Morgan fingerprint density at radius 3 is 2.22 bits per heavy atom. The number of ketones is 1.